The quantitative estimate of drug-likeness (QED) is 0.762. The Hall–Kier alpha value is -1.88. The summed E-state index contributed by atoms with van der Waals surface area (Å²) in [5.74, 6) is -1.08. The van der Waals surface area contributed by atoms with Gasteiger partial charge in [0.2, 0.25) is 0 Å². The maximum absolute atomic E-state index is 11.7. The van der Waals surface area contributed by atoms with Gasteiger partial charge in [0.15, 0.2) is 0 Å². The van der Waals surface area contributed by atoms with Crippen LogP contribution in [-0.2, 0) is 0 Å². The number of halogens is 1. The zero-order chi connectivity index (χ0) is 11.9. The molecule has 0 aliphatic rings. The zero-order valence-corrected chi connectivity index (χ0v) is 9.02. The van der Waals surface area contributed by atoms with E-state index in [9.17, 15) is 9.59 Å². The number of carboxylic acid groups (broad SMARTS) is 1. The molecule has 5 nitrogen and oxygen atoms in total. The molecule has 0 spiro atoms. The van der Waals surface area contributed by atoms with Crippen LogP contribution in [0, 0.1) is 6.92 Å². The number of aromatic nitrogens is 2. The first kappa shape index (κ1) is 10.6. The van der Waals surface area contributed by atoms with Crippen LogP contribution in [0.5, 0.6) is 0 Å². The molecule has 16 heavy (non-hydrogen) atoms. The second kappa shape index (κ2) is 3.61. The number of hydrogen-bond acceptors (Lipinski definition) is 3. The predicted octanol–water partition coefficient (Wildman–Crippen LogP) is 1.35. The molecule has 2 rings (SSSR count). The molecule has 0 amide bonds. The maximum atomic E-state index is 11.7. The van der Waals surface area contributed by atoms with E-state index in [0.717, 1.165) is 0 Å². The summed E-state index contributed by atoms with van der Waals surface area (Å²) in [6, 6.07) is 2.64. The van der Waals surface area contributed by atoms with Crippen molar-refractivity contribution in [2.24, 2.45) is 0 Å². The van der Waals surface area contributed by atoms with Crippen LogP contribution in [0.25, 0.3) is 5.65 Å². The van der Waals surface area contributed by atoms with Crippen LogP contribution in [0.1, 0.15) is 15.9 Å². The third-order valence-electron chi connectivity index (χ3n) is 2.24. The second-order valence-corrected chi connectivity index (χ2v) is 3.64. The van der Waals surface area contributed by atoms with Crippen LogP contribution < -0.4 is 5.56 Å². The van der Waals surface area contributed by atoms with Gasteiger partial charge in [-0.15, -0.1) is 0 Å². The molecule has 6 heteroatoms. The second-order valence-electron chi connectivity index (χ2n) is 3.28. The number of hydrogen-bond donors (Lipinski definition) is 1. The molecule has 0 aliphatic carbocycles. The van der Waals surface area contributed by atoms with Crippen LogP contribution in [0.2, 0.25) is 5.15 Å². The van der Waals surface area contributed by atoms with E-state index >= 15 is 0 Å². The Bertz CT molecular complexity index is 648. The van der Waals surface area contributed by atoms with Gasteiger partial charge >= 0.3 is 5.97 Å². The smallest absolute Gasteiger partial charge is 0.335 e. The summed E-state index contributed by atoms with van der Waals surface area (Å²) < 4.78 is 1.26. The number of aromatic carboxylic acids is 1. The lowest BCUT2D eigenvalue weighted by Gasteiger charge is -2.03. The first-order valence-electron chi connectivity index (χ1n) is 4.42. The molecule has 0 aromatic carbocycles. The highest BCUT2D eigenvalue weighted by molar-refractivity contribution is 6.30. The Morgan fingerprint density at radius 2 is 2.25 bits per heavy atom. The molecule has 0 saturated carbocycles. The molecule has 2 heterocycles. The van der Waals surface area contributed by atoms with E-state index in [0.29, 0.717) is 5.56 Å². The summed E-state index contributed by atoms with van der Waals surface area (Å²) in [7, 11) is 0. The van der Waals surface area contributed by atoms with E-state index in [1.165, 1.54) is 22.7 Å². The van der Waals surface area contributed by atoms with Crippen molar-refractivity contribution < 1.29 is 9.90 Å². The van der Waals surface area contributed by atoms with E-state index in [2.05, 4.69) is 4.98 Å². The molecule has 0 radical (unpaired) electrons. The van der Waals surface area contributed by atoms with Gasteiger partial charge in [-0.2, -0.15) is 0 Å². The number of rotatable bonds is 1. The minimum absolute atomic E-state index is 0.0619. The summed E-state index contributed by atoms with van der Waals surface area (Å²) in [5, 5.41) is 8.88. The van der Waals surface area contributed by atoms with Crippen LogP contribution in [0.3, 0.4) is 0 Å². The van der Waals surface area contributed by atoms with Crippen molar-refractivity contribution in [2.45, 2.75) is 6.92 Å². The summed E-state index contributed by atoms with van der Waals surface area (Å²) in [4.78, 5) is 26.4. The Balaban J connectivity index is 2.86. The van der Waals surface area contributed by atoms with Crippen molar-refractivity contribution in [2.75, 3.05) is 0 Å². The fourth-order valence-electron chi connectivity index (χ4n) is 1.33. The lowest BCUT2D eigenvalue weighted by atomic mass is 10.2. The third kappa shape index (κ3) is 1.55. The fraction of sp³-hybridized carbons (Fsp3) is 0.100. The predicted molar refractivity (Wildman–Crippen MR) is 58.2 cm³/mol. The SMILES string of the molecule is Cc1c(Cl)nc2cc(C(=O)O)ccn2c1=O. The molecular weight excluding hydrogens is 232 g/mol. The average Bonchev–Trinajstić information content (AvgIpc) is 2.25. The van der Waals surface area contributed by atoms with Gasteiger partial charge in [0.25, 0.3) is 5.56 Å². The van der Waals surface area contributed by atoms with Crippen molar-refractivity contribution in [1.82, 2.24) is 9.38 Å². The van der Waals surface area contributed by atoms with Gasteiger partial charge in [-0.25, -0.2) is 9.78 Å². The molecule has 82 valence electrons. The number of pyridine rings is 1. The Kier molecular flexibility index (Phi) is 2.40. The fourth-order valence-corrected chi connectivity index (χ4v) is 1.50. The Morgan fingerprint density at radius 3 is 2.88 bits per heavy atom. The molecule has 0 aliphatic heterocycles. The van der Waals surface area contributed by atoms with Crippen molar-refractivity contribution >= 4 is 23.2 Å². The molecule has 2 aromatic rings. The molecule has 0 fully saturated rings. The van der Waals surface area contributed by atoms with Crippen LogP contribution in [0.4, 0.5) is 0 Å². The van der Waals surface area contributed by atoms with E-state index in [-0.39, 0.29) is 21.9 Å². The van der Waals surface area contributed by atoms with Crippen LogP contribution in [0.15, 0.2) is 23.1 Å². The number of carboxylic acids is 1. The standard InChI is InChI=1S/C10H7ClN2O3/c1-5-8(11)12-7-4-6(10(15)16)2-3-13(7)9(5)14/h2-4H,1H3,(H,15,16). The molecule has 0 saturated heterocycles. The van der Waals surface area contributed by atoms with Crippen molar-refractivity contribution in [3.05, 3.63) is 45.0 Å². The van der Waals surface area contributed by atoms with Gasteiger partial charge in [0, 0.05) is 6.20 Å². The largest absolute Gasteiger partial charge is 0.478 e. The minimum atomic E-state index is -1.08. The normalized spacial score (nSPS) is 10.6. The van der Waals surface area contributed by atoms with E-state index in [4.69, 9.17) is 16.7 Å². The van der Waals surface area contributed by atoms with Crippen molar-refractivity contribution in [1.29, 1.82) is 0 Å². The number of carbonyl (C=O) groups is 1. The Morgan fingerprint density at radius 1 is 1.56 bits per heavy atom. The van der Waals surface area contributed by atoms with Crippen LogP contribution in [-0.4, -0.2) is 20.5 Å². The first-order chi connectivity index (χ1) is 7.50. The maximum Gasteiger partial charge on any atom is 0.335 e. The monoisotopic (exact) mass is 238 g/mol. The van der Waals surface area contributed by atoms with Gasteiger partial charge in [-0.3, -0.25) is 9.20 Å². The summed E-state index contributed by atoms with van der Waals surface area (Å²) in [5.41, 5.74) is 0.321. The lowest BCUT2D eigenvalue weighted by molar-refractivity contribution is 0.0697. The molecule has 0 atom stereocenters. The number of nitrogens with zero attached hydrogens (tertiary/aromatic N) is 2. The van der Waals surface area contributed by atoms with Crippen molar-refractivity contribution in [3.8, 4) is 0 Å². The zero-order valence-electron chi connectivity index (χ0n) is 8.27. The van der Waals surface area contributed by atoms with Crippen LogP contribution >= 0.6 is 11.6 Å². The lowest BCUT2D eigenvalue weighted by Crippen LogP contribution is -2.18. The molecule has 2 aromatic heterocycles. The minimum Gasteiger partial charge on any atom is -0.478 e. The molecule has 1 N–H and O–H groups in total. The Labute approximate surface area is 94.9 Å². The van der Waals surface area contributed by atoms with Gasteiger partial charge in [0.1, 0.15) is 10.8 Å². The van der Waals surface area contributed by atoms with Crippen molar-refractivity contribution in [3.63, 3.8) is 0 Å². The van der Waals surface area contributed by atoms with Gasteiger partial charge < -0.3 is 5.11 Å². The summed E-state index contributed by atoms with van der Waals surface area (Å²) in [6.45, 7) is 1.56. The van der Waals surface area contributed by atoms with Gasteiger partial charge in [-0.05, 0) is 19.1 Å². The molecular formula is C10H7ClN2O3. The number of fused-ring (bicyclic) bond motifs is 1. The summed E-state index contributed by atoms with van der Waals surface area (Å²) >= 11 is 5.75. The van der Waals surface area contributed by atoms with E-state index in [1.807, 2.05) is 0 Å². The van der Waals surface area contributed by atoms with E-state index in [1.54, 1.807) is 6.92 Å². The highest BCUT2D eigenvalue weighted by Crippen LogP contribution is 2.10. The average molecular weight is 239 g/mol. The highest BCUT2D eigenvalue weighted by Gasteiger charge is 2.09. The molecule has 0 bridgehead atoms. The molecule has 0 unspecified atom stereocenters. The summed E-state index contributed by atoms with van der Waals surface area (Å²) in [6.07, 6.45) is 1.37. The first-order valence-corrected chi connectivity index (χ1v) is 4.80. The topological polar surface area (TPSA) is 71.7 Å². The van der Waals surface area contributed by atoms with Gasteiger partial charge in [-0.1, -0.05) is 11.6 Å². The van der Waals surface area contributed by atoms with Gasteiger partial charge in [0.05, 0.1) is 11.1 Å². The van der Waals surface area contributed by atoms with E-state index < -0.39 is 5.97 Å². The third-order valence-corrected chi connectivity index (χ3v) is 2.61. The highest BCUT2D eigenvalue weighted by atomic mass is 35.5.